The Labute approximate surface area is 71.6 Å². The molecule has 12 heavy (non-hydrogen) atoms. The quantitative estimate of drug-likeness (QED) is 0.508. The second-order valence-corrected chi connectivity index (χ2v) is 3.87. The molecule has 1 fully saturated rings. The third-order valence-electron chi connectivity index (χ3n) is 2.74. The molecule has 2 aliphatic carbocycles. The van der Waals surface area contributed by atoms with E-state index in [9.17, 15) is 9.59 Å². The van der Waals surface area contributed by atoms with E-state index >= 15 is 0 Å². The monoisotopic (exact) mass is 164 g/mol. The molecule has 2 heteroatoms. The first-order valence-electron chi connectivity index (χ1n) is 4.39. The Kier molecular flexibility index (Phi) is 1.63. The molecule has 2 bridgehead atoms. The average Bonchev–Trinajstić information content (AvgIpc) is 1.94. The van der Waals surface area contributed by atoms with Gasteiger partial charge in [0.2, 0.25) is 0 Å². The van der Waals surface area contributed by atoms with Gasteiger partial charge in [-0.3, -0.25) is 9.59 Å². The summed E-state index contributed by atoms with van der Waals surface area (Å²) in [5.41, 5.74) is 1.28. The summed E-state index contributed by atoms with van der Waals surface area (Å²) in [6.07, 6.45) is 3.71. The summed E-state index contributed by atoms with van der Waals surface area (Å²) in [4.78, 5) is 22.6. The van der Waals surface area contributed by atoms with Crippen LogP contribution in [-0.2, 0) is 9.59 Å². The molecular formula is C10H12O2. The number of carbonyl (C=O) groups excluding carboxylic acids is 2. The largest absolute Gasteiger partial charge is 0.300 e. The van der Waals surface area contributed by atoms with Gasteiger partial charge in [-0.1, -0.05) is 11.6 Å². The van der Waals surface area contributed by atoms with Gasteiger partial charge in [0.1, 0.15) is 11.6 Å². The Hall–Kier alpha value is -0.920. The Morgan fingerprint density at radius 2 is 2.00 bits per heavy atom. The van der Waals surface area contributed by atoms with Crippen LogP contribution in [0.4, 0.5) is 0 Å². The Morgan fingerprint density at radius 3 is 2.67 bits per heavy atom. The number of hydrogen-bond donors (Lipinski definition) is 0. The fourth-order valence-electron chi connectivity index (χ4n) is 2.22. The molecule has 64 valence electrons. The topological polar surface area (TPSA) is 34.1 Å². The molecule has 0 N–H and O–H groups in total. The minimum Gasteiger partial charge on any atom is -0.300 e. The van der Waals surface area contributed by atoms with Crippen molar-refractivity contribution in [3.8, 4) is 0 Å². The maximum atomic E-state index is 11.5. The van der Waals surface area contributed by atoms with Crippen molar-refractivity contribution in [2.75, 3.05) is 0 Å². The van der Waals surface area contributed by atoms with Crippen LogP contribution in [0.15, 0.2) is 11.6 Å². The highest BCUT2D eigenvalue weighted by Crippen LogP contribution is 2.34. The van der Waals surface area contributed by atoms with Crippen LogP contribution in [0.5, 0.6) is 0 Å². The zero-order valence-corrected chi connectivity index (χ0v) is 7.17. The number of ketones is 2. The van der Waals surface area contributed by atoms with Gasteiger partial charge in [-0.2, -0.15) is 0 Å². The van der Waals surface area contributed by atoms with Crippen molar-refractivity contribution >= 4 is 11.6 Å². The van der Waals surface area contributed by atoms with Crippen LogP contribution in [0.25, 0.3) is 0 Å². The number of Topliss-reactive ketones (excluding diaryl/α,β-unsaturated/α-hetero) is 2. The molecule has 2 unspecified atom stereocenters. The zero-order chi connectivity index (χ0) is 8.72. The van der Waals surface area contributed by atoms with Gasteiger partial charge in [0, 0.05) is 24.7 Å². The van der Waals surface area contributed by atoms with Crippen molar-refractivity contribution in [1.29, 1.82) is 0 Å². The molecule has 2 nitrogen and oxygen atoms in total. The molecular weight excluding hydrogens is 152 g/mol. The van der Waals surface area contributed by atoms with Crippen molar-refractivity contribution in [3.63, 3.8) is 0 Å². The molecule has 1 saturated carbocycles. The second kappa shape index (κ2) is 2.54. The van der Waals surface area contributed by atoms with E-state index in [0.717, 1.165) is 6.42 Å². The van der Waals surface area contributed by atoms with Gasteiger partial charge < -0.3 is 0 Å². The average molecular weight is 164 g/mol. The molecule has 2 rings (SSSR count). The van der Waals surface area contributed by atoms with Gasteiger partial charge in [-0.15, -0.1) is 0 Å². The molecule has 0 aromatic heterocycles. The van der Waals surface area contributed by atoms with Crippen LogP contribution in [0.2, 0.25) is 0 Å². The van der Waals surface area contributed by atoms with E-state index in [-0.39, 0.29) is 17.6 Å². The Bertz CT molecular complexity index is 276. The van der Waals surface area contributed by atoms with E-state index in [2.05, 4.69) is 0 Å². The van der Waals surface area contributed by atoms with Crippen LogP contribution >= 0.6 is 0 Å². The third-order valence-corrected chi connectivity index (χ3v) is 2.74. The molecule has 0 saturated heterocycles. The summed E-state index contributed by atoms with van der Waals surface area (Å²) >= 11 is 0. The summed E-state index contributed by atoms with van der Waals surface area (Å²) in [6.45, 7) is 2.04. The van der Waals surface area contributed by atoms with Gasteiger partial charge in [0.15, 0.2) is 0 Å². The molecule has 0 amide bonds. The SMILES string of the molecule is CC1=CC2CC(=O)CC(C1)C2=O. The van der Waals surface area contributed by atoms with Crippen molar-refractivity contribution < 1.29 is 9.59 Å². The minimum absolute atomic E-state index is 0.0150. The third kappa shape index (κ3) is 1.11. The lowest BCUT2D eigenvalue weighted by Gasteiger charge is -2.30. The molecule has 0 heterocycles. The molecule has 0 radical (unpaired) electrons. The van der Waals surface area contributed by atoms with Gasteiger partial charge in [-0.05, 0) is 13.3 Å². The van der Waals surface area contributed by atoms with Crippen LogP contribution in [-0.4, -0.2) is 11.6 Å². The van der Waals surface area contributed by atoms with Gasteiger partial charge >= 0.3 is 0 Å². The van der Waals surface area contributed by atoms with Crippen molar-refractivity contribution in [2.24, 2.45) is 11.8 Å². The number of carbonyl (C=O) groups is 2. The molecule has 0 aromatic rings. The first-order valence-corrected chi connectivity index (χ1v) is 4.39. The van der Waals surface area contributed by atoms with Crippen molar-refractivity contribution in [2.45, 2.75) is 26.2 Å². The van der Waals surface area contributed by atoms with Gasteiger partial charge in [0.05, 0.1) is 0 Å². The Balaban J connectivity index is 2.32. The second-order valence-electron chi connectivity index (χ2n) is 3.87. The van der Waals surface area contributed by atoms with E-state index in [0.29, 0.717) is 18.6 Å². The van der Waals surface area contributed by atoms with E-state index in [1.54, 1.807) is 0 Å². The van der Waals surface area contributed by atoms with Crippen molar-refractivity contribution in [1.82, 2.24) is 0 Å². The molecule has 0 aliphatic heterocycles. The summed E-state index contributed by atoms with van der Waals surface area (Å²) in [5, 5.41) is 0. The smallest absolute Gasteiger partial charge is 0.143 e. The van der Waals surface area contributed by atoms with E-state index in [4.69, 9.17) is 0 Å². The fraction of sp³-hybridized carbons (Fsp3) is 0.600. The highest BCUT2D eigenvalue weighted by Gasteiger charge is 2.36. The number of allylic oxidation sites excluding steroid dienone is 2. The first kappa shape index (κ1) is 7.71. The molecule has 2 atom stereocenters. The maximum absolute atomic E-state index is 11.5. The molecule has 0 spiro atoms. The van der Waals surface area contributed by atoms with E-state index in [1.165, 1.54) is 5.57 Å². The lowest BCUT2D eigenvalue weighted by molar-refractivity contribution is -0.136. The standard InChI is InChI=1S/C10H12O2/c1-6-2-7-4-9(11)5-8(3-6)10(7)12/h2,7-8H,3-5H2,1H3. The van der Waals surface area contributed by atoms with Gasteiger partial charge in [-0.25, -0.2) is 0 Å². The first-order chi connectivity index (χ1) is 5.66. The lowest BCUT2D eigenvalue weighted by Crippen LogP contribution is -2.35. The number of fused-ring (bicyclic) bond motifs is 2. The summed E-state index contributed by atoms with van der Waals surface area (Å²) in [5.74, 6) is 0.486. The van der Waals surface area contributed by atoms with Crippen LogP contribution in [0.3, 0.4) is 0 Å². The minimum atomic E-state index is -0.0787. The number of hydrogen-bond acceptors (Lipinski definition) is 2. The van der Waals surface area contributed by atoms with Crippen LogP contribution in [0, 0.1) is 11.8 Å². The van der Waals surface area contributed by atoms with Gasteiger partial charge in [0.25, 0.3) is 0 Å². The maximum Gasteiger partial charge on any atom is 0.143 e. The highest BCUT2D eigenvalue weighted by atomic mass is 16.1. The fourth-order valence-corrected chi connectivity index (χ4v) is 2.22. The molecule has 2 aliphatic rings. The van der Waals surface area contributed by atoms with E-state index < -0.39 is 0 Å². The Morgan fingerprint density at radius 1 is 1.25 bits per heavy atom. The highest BCUT2D eigenvalue weighted by molar-refractivity contribution is 5.98. The summed E-state index contributed by atoms with van der Waals surface area (Å²) < 4.78 is 0. The van der Waals surface area contributed by atoms with E-state index in [1.807, 2.05) is 13.0 Å². The summed E-state index contributed by atoms with van der Waals surface area (Å²) in [7, 11) is 0. The van der Waals surface area contributed by atoms with Crippen molar-refractivity contribution in [3.05, 3.63) is 11.6 Å². The predicted molar refractivity (Wildman–Crippen MR) is 44.6 cm³/mol. The normalized spacial score (nSPS) is 34.9. The predicted octanol–water partition coefficient (Wildman–Crippen LogP) is 1.50. The van der Waals surface area contributed by atoms with Crippen LogP contribution in [0.1, 0.15) is 26.2 Å². The number of rotatable bonds is 0. The summed E-state index contributed by atoms with van der Waals surface area (Å²) in [6, 6.07) is 0. The molecule has 0 aromatic carbocycles. The lowest BCUT2D eigenvalue weighted by atomic mass is 9.72. The van der Waals surface area contributed by atoms with Crippen LogP contribution < -0.4 is 0 Å². The zero-order valence-electron chi connectivity index (χ0n) is 7.17.